The predicted molar refractivity (Wildman–Crippen MR) is 101 cm³/mol. The van der Waals surface area contributed by atoms with Crippen molar-refractivity contribution in [3.8, 4) is 0 Å². The highest BCUT2D eigenvalue weighted by Gasteiger charge is 2.70. The lowest BCUT2D eigenvalue weighted by Gasteiger charge is -2.30. The summed E-state index contributed by atoms with van der Waals surface area (Å²) in [6, 6.07) is 0. The second-order valence-corrected chi connectivity index (χ2v) is 8.61. The van der Waals surface area contributed by atoms with Crippen LogP contribution in [0.2, 0.25) is 0 Å². The number of fused-ring (bicyclic) bond motifs is 1. The Morgan fingerprint density at radius 3 is 2.61 bits per heavy atom. The third-order valence-electron chi connectivity index (χ3n) is 6.66. The number of esters is 4. The number of rotatable bonds is 8. The number of nitrogens with one attached hydrogen (secondary N) is 1. The first-order valence-corrected chi connectivity index (χ1v) is 10.7. The summed E-state index contributed by atoms with van der Waals surface area (Å²) in [6.45, 7) is 8.42. The lowest BCUT2D eigenvalue weighted by atomic mass is 9.78. The van der Waals surface area contributed by atoms with Gasteiger partial charge in [0, 0.05) is 17.4 Å². The molecule has 170 valence electrons. The van der Waals surface area contributed by atoms with Crippen LogP contribution in [0.5, 0.6) is 0 Å². The SMILES string of the molecule is C=C(C)C(=O)OCC(=O)OC1C2CC3C1OC(=O)C3C2C(=O)OCC[NH+]1CCOCC1. The molecule has 0 aromatic carbocycles. The van der Waals surface area contributed by atoms with Crippen molar-refractivity contribution in [2.24, 2.45) is 23.7 Å². The number of morpholine rings is 1. The summed E-state index contributed by atoms with van der Waals surface area (Å²) in [5.74, 6) is -4.09. The van der Waals surface area contributed by atoms with Crippen molar-refractivity contribution in [3.05, 3.63) is 12.2 Å². The van der Waals surface area contributed by atoms with Gasteiger partial charge in [-0.05, 0) is 13.3 Å². The van der Waals surface area contributed by atoms with Crippen molar-refractivity contribution in [3.63, 3.8) is 0 Å². The maximum Gasteiger partial charge on any atom is 0.344 e. The Bertz CT molecular complexity index is 775. The molecule has 0 aromatic rings. The van der Waals surface area contributed by atoms with Crippen molar-refractivity contribution in [2.45, 2.75) is 25.6 Å². The molecule has 10 heteroatoms. The van der Waals surface area contributed by atoms with Gasteiger partial charge < -0.3 is 28.6 Å². The van der Waals surface area contributed by atoms with Crippen molar-refractivity contribution < 1.29 is 47.8 Å². The molecule has 6 atom stereocenters. The van der Waals surface area contributed by atoms with Crippen LogP contribution in [0, 0.1) is 23.7 Å². The van der Waals surface area contributed by atoms with E-state index in [-0.39, 0.29) is 24.0 Å². The van der Waals surface area contributed by atoms with Crippen LogP contribution in [0.25, 0.3) is 0 Å². The van der Waals surface area contributed by atoms with Gasteiger partial charge in [-0.25, -0.2) is 9.59 Å². The van der Waals surface area contributed by atoms with Gasteiger partial charge in [-0.2, -0.15) is 0 Å². The first-order chi connectivity index (χ1) is 14.9. The maximum atomic E-state index is 12.8. The lowest BCUT2D eigenvalue weighted by Crippen LogP contribution is -3.14. The molecular weight excluding hydrogens is 410 g/mol. The first-order valence-electron chi connectivity index (χ1n) is 10.7. The van der Waals surface area contributed by atoms with Crippen LogP contribution in [-0.4, -0.2) is 82.1 Å². The monoisotopic (exact) mass is 438 g/mol. The number of carbonyl (C=O) groups excluding carboxylic acids is 4. The normalized spacial score (nSPS) is 33.6. The van der Waals surface area contributed by atoms with Gasteiger partial charge in [0.2, 0.25) is 0 Å². The summed E-state index contributed by atoms with van der Waals surface area (Å²) >= 11 is 0. The molecule has 0 amide bonds. The van der Waals surface area contributed by atoms with Gasteiger partial charge in [0.25, 0.3) is 0 Å². The van der Waals surface area contributed by atoms with Crippen LogP contribution in [0.4, 0.5) is 0 Å². The molecule has 2 bridgehead atoms. The largest absolute Gasteiger partial charge is 0.459 e. The fourth-order valence-corrected chi connectivity index (χ4v) is 5.20. The Morgan fingerprint density at radius 2 is 1.90 bits per heavy atom. The van der Waals surface area contributed by atoms with Crippen molar-refractivity contribution in [2.75, 3.05) is 46.1 Å². The van der Waals surface area contributed by atoms with Crippen LogP contribution < -0.4 is 4.90 Å². The average molecular weight is 438 g/mol. The number of ether oxygens (including phenoxy) is 5. The molecule has 10 nitrogen and oxygen atoms in total. The number of hydrogen-bond donors (Lipinski definition) is 1. The van der Waals surface area contributed by atoms with E-state index in [1.807, 2.05) is 0 Å². The van der Waals surface area contributed by atoms with Crippen molar-refractivity contribution >= 4 is 23.9 Å². The number of hydrogen-bond acceptors (Lipinski definition) is 9. The fourth-order valence-electron chi connectivity index (χ4n) is 5.20. The quantitative estimate of drug-likeness (QED) is 0.268. The Balaban J connectivity index is 1.34. The third kappa shape index (κ3) is 4.31. The Morgan fingerprint density at radius 1 is 1.16 bits per heavy atom. The van der Waals surface area contributed by atoms with Gasteiger partial charge in [0.05, 0.1) is 25.0 Å². The minimum absolute atomic E-state index is 0.169. The zero-order valence-electron chi connectivity index (χ0n) is 17.5. The van der Waals surface area contributed by atoms with Gasteiger partial charge >= 0.3 is 23.9 Å². The smallest absolute Gasteiger partial charge is 0.344 e. The molecule has 4 fully saturated rings. The second kappa shape index (κ2) is 8.96. The number of carbonyl (C=O) groups is 4. The first kappa shape index (κ1) is 21.8. The second-order valence-electron chi connectivity index (χ2n) is 8.61. The molecule has 0 aromatic heterocycles. The van der Waals surface area contributed by atoms with Gasteiger partial charge in [-0.3, -0.25) is 9.59 Å². The third-order valence-corrected chi connectivity index (χ3v) is 6.66. The summed E-state index contributed by atoms with van der Waals surface area (Å²) in [5, 5.41) is 0. The van der Waals surface area contributed by atoms with E-state index >= 15 is 0 Å². The average Bonchev–Trinajstić information content (AvgIpc) is 3.36. The summed E-state index contributed by atoms with van der Waals surface area (Å²) < 4.78 is 26.6. The van der Waals surface area contributed by atoms with E-state index in [0.29, 0.717) is 26.2 Å². The molecule has 4 rings (SSSR count). The highest BCUT2D eigenvalue weighted by Crippen LogP contribution is 2.58. The Kier molecular flexibility index (Phi) is 6.29. The molecule has 2 saturated heterocycles. The summed E-state index contributed by atoms with van der Waals surface area (Å²) in [4.78, 5) is 50.2. The maximum absolute atomic E-state index is 12.8. The van der Waals surface area contributed by atoms with E-state index in [2.05, 4.69) is 6.58 Å². The molecule has 6 unspecified atom stereocenters. The Labute approximate surface area is 179 Å². The van der Waals surface area contributed by atoms with E-state index in [1.165, 1.54) is 11.8 Å². The molecule has 2 aliphatic heterocycles. The molecule has 2 saturated carbocycles. The van der Waals surface area contributed by atoms with Gasteiger partial charge in [0.15, 0.2) is 6.61 Å². The summed E-state index contributed by atoms with van der Waals surface area (Å²) in [6.07, 6.45) is -0.754. The zero-order valence-corrected chi connectivity index (χ0v) is 17.5. The van der Waals surface area contributed by atoms with E-state index in [9.17, 15) is 19.2 Å². The van der Waals surface area contributed by atoms with Crippen molar-refractivity contribution in [1.82, 2.24) is 0 Å². The number of quaternary nitrogens is 1. The molecule has 31 heavy (non-hydrogen) atoms. The summed E-state index contributed by atoms with van der Waals surface area (Å²) in [5.41, 5.74) is 0.169. The molecule has 1 N–H and O–H groups in total. The molecule has 4 aliphatic rings. The van der Waals surface area contributed by atoms with E-state index in [4.69, 9.17) is 23.7 Å². The molecule has 0 spiro atoms. The van der Waals surface area contributed by atoms with Gasteiger partial charge in [-0.1, -0.05) is 6.58 Å². The fraction of sp³-hybridized carbons (Fsp3) is 0.714. The van der Waals surface area contributed by atoms with E-state index < -0.39 is 54.5 Å². The standard InChI is InChI=1S/C21H27NO9/c1-11(2)19(24)29-10-14(23)30-17-12-9-13-16(21(26)31-18(13)17)15(12)20(25)28-8-5-22-3-6-27-7-4-22/h12-13,15-18H,1,3-10H2,2H3/p+1. The molecular formula is C21H28NO9+. The highest BCUT2D eigenvalue weighted by atomic mass is 16.6. The van der Waals surface area contributed by atoms with Crippen LogP contribution in [0.1, 0.15) is 13.3 Å². The zero-order chi connectivity index (χ0) is 22.1. The lowest BCUT2D eigenvalue weighted by molar-refractivity contribution is -0.908. The van der Waals surface area contributed by atoms with Crippen LogP contribution in [0.15, 0.2) is 12.2 Å². The molecule has 2 heterocycles. The molecule has 2 aliphatic carbocycles. The molecule has 0 radical (unpaired) electrons. The Hall–Kier alpha value is -2.46. The topological polar surface area (TPSA) is 119 Å². The van der Waals surface area contributed by atoms with Crippen LogP contribution >= 0.6 is 0 Å². The van der Waals surface area contributed by atoms with E-state index in [0.717, 1.165) is 13.1 Å². The van der Waals surface area contributed by atoms with Gasteiger partial charge in [0.1, 0.15) is 38.4 Å². The van der Waals surface area contributed by atoms with Crippen LogP contribution in [0.3, 0.4) is 0 Å². The minimum Gasteiger partial charge on any atom is -0.459 e. The van der Waals surface area contributed by atoms with Crippen molar-refractivity contribution in [1.29, 1.82) is 0 Å². The minimum atomic E-state index is -0.755. The summed E-state index contributed by atoms with van der Waals surface area (Å²) in [7, 11) is 0. The predicted octanol–water partition coefficient (Wildman–Crippen LogP) is -1.72. The highest BCUT2D eigenvalue weighted by molar-refractivity contribution is 5.89. The van der Waals surface area contributed by atoms with E-state index in [1.54, 1.807) is 0 Å². The van der Waals surface area contributed by atoms with Gasteiger partial charge in [-0.15, -0.1) is 0 Å². The van der Waals surface area contributed by atoms with Crippen LogP contribution in [-0.2, 0) is 42.9 Å².